The molecule has 0 radical (unpaired) electrons. The fourth-order valence-electron chi connectivity index (χ4n) is 3.71. The maximum atomic E-state index is 13.1. The average Bonchev–Trinajstić information content (AvgIpc) is 2.90. The van der Waals surface area contributed by atoms with E-state index in [9.17, 15) is 4.79 Å². The van der Waals surface area contributed by atoms with E-state index in [4.69, 9.17) is 0 Å². The highest BCUT2D eigenvalue weighted by atomic mass is 16.2. The Balaban J connectivity index is 1.63. The van der Waals surface area contributed by atoms with Gasteiger partial charge in [0.2, 0.25) is 0 Å². The van der Waals surface area contributed by atoms with Gasteiger partial charge in [-0.2, -0.15) is 0 Å². The Bertz CT molecular complexity index is 792. The molecule has 0 aliphatic carbocycles. The summed E-state index contributed by atoms with van der Waals surface area (Å²) in [5, 5.41) is 0. The average molecular weight is 334 g/mol. The fraction of sp³-hybridized carbons (Fsp3) is 0.333. The third-order valence-corrected chi connectivity index (χ3v) is 5.26. The highest BCUT2D eigenvalue weighted by Crippen LogP contribution is 2.30. The van der Waals surface area contributed by atoms with Crippen LogP contribution in [0.2, 0.25) is 0 Å². The van der Waals surface area contributed by atoms with Crippen molar-refractivity contribution in [3.05, 3.63) is 60.2 Å². The van der Waals surface area contributed by atoms with Gasteiger partial charge in [-0.1, -0.05) is 43.3 Å². The molecule has 1 saturated heterocycles. The van der Waals surface area contributed by atoms with E-state index < -0.39 is 0 Å². The number of nitrogens with one attached hydrogen (secondary N) is 1. The van der Waals surface area contributed by atoms with Crippen LogP contribution in [0.15, 0.2) is 59.6 Å². The van der Waals surface area contributed by atoms with Gasteiger partial charge in [0.15, 0.2) is 6.67 Å². The van der Waals surface area contributed by atoms with Gasteiger partial charge in [-0.25, -0.2) is 4.99 Å². The first kappa shape index (κ1) is 16.0. The summed E-state index contributed by atoms with van der Waals surface area (Å²) in [5.74, 6) is 0.830. The van der Waals surface area contributed by atoms with E-state index in [1.54, 1.807) is 0 Å². The van der Waals surface area contributed by atoms with E-state index in [0.717, 1.165) is 42.6 Å². The standard InChI is InChI=1S/C21H23N3O/c1-16-11-13-23(14-12-16)15-24-19-10-6-5-9-18(19)20(21(24)25)22-17-7-3-2-4-8-17/h2-10,16H,11-15H2,1H3/p+1. The molecule has 2 aliphatic heterocycles. The second-order valence-electron chi connectivity index (χ2n) is 7.14. The van der Waals surface area contributed by atoms with Gasteiger partial charge in [0.1, 0.15) is 5.71 Å². The monoisotopic (exact) mass is 334 g/mol. The normalized spacial score (nSPS) is 24.6. The van der Waals surface area contributed by atoms with Crippen molar-refractivity contribution in [2.45, 2.75) is 19.8 Å². The quantitative estimate of drug-likeness (QED) is 0.920. The first-order chi connectivity index (χ1) is 12.2. The van der Waals surface area contributed by atoms with E-state index in [1.165, 1.54) is 17.7 Å². The number of aliphatic imine (C=N–C) groups is 1. The molecule has 2 heterocycles. The van der Waals surface area contributed by atoms with Crippen molar-refractivity contribution >= 4 is 23.0 Å². The number of fused-ring (bicyclic) bond motifs is 1. The number of hydrogen-bond donors (Lipinski definition) is 1. The fourth-order valence-corrected chi connectivity index (χ4v) is 3.71. The number of carbonyl (C=O) groups is 1. The smallest absolute Gasteiger partial charge is 0.281 e. The summed E-state index contributed by atoms with van der Waals surface area (Å²) in [6, 6.07) is 17.7. The van der Waals surface area contributed by atoms with E-state index in [1.807, 2.05) is 59.5 Å². The molecule has 0 spiro atoms. The number of nitrogens with zero attached hydrogens (tertiary/aromatic N) is 2. The molecule has 4 heteroatoms. The second kappa shape index (κ2) is 6.81. The number of anilines is 1. The van der Waals surface area contributed by atoms with Crippen LogP contribution >= 0.6 is 0 Å². The third kappa shape index (κ3) is 3.22. The minimum Gasteiger partial charge on any atom is -0.317 e. The topological polar surface area (TPSA) is 37.1 Å². The Hall–Kier alpha value is -2.46. The zero-order valence-electron chi connectivity index (χ0n) is 14.6. The number of likely N-dealkylation sites (tertiary alicyclic amines) is 1. The summed E-state index contributed by atoms with van der Waals surface area (Å²) >= 11 is 0. The molecule has 0 aromatic heterocycles. The van der Waals surface area contributed by atoms with Crippen LogP contribution in [-0.4, -0.2) is 31.4 Å². The number of carbonyl (C=O) groups excluding carboxylic acids is 1. The largest absolute Gasteiger partial charge is 0.317 e. The Morgan fingerprint density at radius 3 is 2.48 bits per heavy atom. The summed E-state index contributed by atoms with van der Waals surface area (Å²) in [5.41, 5.74) is 3.32. The molecule has 4 rings (SSSR count). The first-order valence-corrected chi connectivity index (χ1v) is 9.11. The molecular formula is C21H24N3O+. The Labute approximate surface area is 148 Å². The van der Waals surface area contributed by atoms with Crippen LogP contribution in [0.5, 0.6) is 0 Å². The van der Waals surface area contributed by atoms with Crippen LogP contribution in [0.25, 0.3) is 0 Å². The van der Waals surface area contributed by atoms with Gasteiger partial charge in [0.25, 0.3) is 5.91 Å². The number of para-hydroxylation sites is 2. The van der Waals surface area contributed by atoms with Crippen LogP contribution in [0.1, 0.15) is 25.3 Å². The zero-order valence-corrected chi connectivity index (χ0v) is 14.6. The Morgan fingerprint density at radius 2 is 1.72 bits per heavy atom. The zero-order chi connectivity index (χ0) is 17.2. The van der Waals surface area contributed by atoms with Gasteiger partial charge < -0.3 is 4.90 Å². The van der Waals surface area contributed by atoms with Crippen LogP contribution < -0.4 is 9.80 Å². The molecule has 4 nitrogen and oxygen atoms in total. The van der Waals surface area contributed by atoms with Gasteiger partial charge in [0, 0.05) is 5.56 Å². The summed E-state index contributed by atoms with van der Waals surface area (Å²) in [6.45, 7) is 5.32. The molecule has 1 N–H and O–H groups in total. The maximum absolute atomic E-state index is 13.1. The minimum atomic E-state index is 0.0242. The highest BCUT2D eigenvalue weighted by molar-refractivity contribution is 6.54. The van der Waals surface area contributed by atoms with Crippen molar-refractivity contribution in [1.29, 1.82) is 0 Å². The Kier molecular flexibility index (Phi) is 4.36. The van der Waals surface area contributed by atoms with E-state index in [0.29, 0.717) is 5.71 Å². The minimum absolute atomic E-state index is 0.0242. The van der Waals surface area contributed by atoms with Gasteiger partial charge in [-0.15, -0.1) is 0 Å². The summed E-state index contributed by atoms with van der Waals surface area (Å²) in [4.78, 5) is 21.1. The molecule has 1 amide bonds. The molecule has 2 aromatic carbocycles. The highest BCUT2D eigenvalue weighted by Gasteiger charge is 2.36. The lowest BCUT2D eigenvalue weighted by Crippen LogP contribution is -3.14. The van der Waals surface area contributed by atoms with Crippen molar-refractivity contribution < 1.29 is 9.69 Å². The first-order valence-electron chi connectivity index (χ1n) is 9.11. The number of rotatable bonds is 3. The predicted molar refractivity (Wildman–Crippen MR) is 101 cm³/mol. The van der Waals surface area contributed by atoms with Crippen LogP contribution in [0, 0.1) is 5.92 Å². The molecule has 0 saturated carbocycles. The molecule has 0 atom stereocenters. The van der Waals surface area contributed by atoms with E-state index in [-0.39, 0.29) is 5.91 Å². The van der Waals surface area contributed by atoms with Crippen molar-refractivity contribution in [3.63, 3.8) is 0 Å². The lowest BCUT2D eigenvalue weighted by molar-refractivity contribution is -0.904. The van der Waals surface area contributed by atoms with Crippen molar-refractivity contribution in [3.8, 4) is 0 Å². The number of hydrogen-bond acceptors (Lipinski definition) is 2. The van der Waals surface area contributed by atoms with Gasteiger partial charge in [-0.05, 0) is 37.0 Å². The van der Waals surface area contributed by atoms with Crippen LogP contribution in [0.3, 0.4) is 0 Å². The third-order valence-electron chi connectivity index (χ3n) is 5.26. The van der Waals surface area contributed by atoms with Crippen LogP contribution in [-0.2, 0) is 4.79 Å². The number of benzene rings is 2. The molecule has 0 bridgehead atoms. The van der Waals surface area contributed by atoms with E-state index in [2.05, 4.69) is 11.9 Å². The summed E-state index contributed by atoms with van der Waals surface area (Å²) in [6.07, 6.45) is 2.48. The molecular weight excluding hydrogens is 310 g/mol. The van der Waals surface area contributed by atoms with Gasteiger partial charge in [0.05, 0.1) is 24.5 Å². The van der Waals surface area contributed by atoms with E-state index >= 15 is 0 Å². The molecule has 0 unspecified atom stereocenters. The molecule has 1 fully saturated rings. The lowest BCUT2D eigenvalue weighted by Gasteiger charge is -2.30. The second-order valence-corrected chi connectivity index (χ2v) is 7.14. The maximum Gasteiger partial charge on any atom is 0.281 e. The molecule has 128 valence electrons. The molecule has 25 heavy (non-hydrogen) atoms. The number of piperidine rings is 1. The van der Waals surface area contributed by atoms with Gasteiger partial charge >= 0.3 is 0 Å². The lowest BCUT2D eigenvalue weighted by atomic mass is 10.00. The number of quaternary nitrogens is 1. The molecule has 2 aromatic rings. The Morgan fingerprint density at radius 1 is 1.04 bits per heavy atom. The van der Waals surface area contributed by atoms with Crippen LogP contribution in [0.4, 0.5) is 11.4 Å². The summed E-state index contributed by atoms with van der Waals surface area (Å²) < 4.78 is 0. The molecule has 2 aliphatic rings. The number of amides is 1. The van der Waals surface area contributed by atoms with Crippen molar-refractivity contribution in [2.24, 2.45) is 10.9 Å². The van der Waals surface area contributed by atoms with Crippen molar-refractivity contribution in [2.75, 3.05) is 24.7 Å². The SMILES string of the molecule is CC1CC[NH+](CN2C(=O)C(=Nc3ccccc3)c3ccccc32)CC1. The predicted octanol–water partition coefficient (Wildman–Crippen LogP) is 2.43. The van der Waals surface area contributed by atoms with Crippen molar-refractivity contribution in [1.82, 2.24) is 0 Å². The summed E-state index contributed by atoms with van der Waals surface area (Å²) in [7, 11) is 0. The van der Waals surface area contributed by atoms with Gasteiger partial charge in [-0.3, -0.25) is 9.69 Å².